The number of halogens is 4. The van der Waals surface area contributed by atoms with E-state index >= 15 is 0 Å². The topological polar surface area (TPSA) is 135 Å². The summed E-state index contributed by atoms with van der Waals surface area (Å²) < 4.78 is 70.3. The van der Waals surface area contributed by atoms with Crippen molar-refractivity contribution in [3.63, 3.8) is 0 Å². The van der Waals surface area contributed by atoms with Crippen molar-refractivity contribution in [1.29, 1.82) is 0 Å². The molecule has 0 saturated heterocycles. The first-order chi connectivity index (χ1) is 19.3. The van der Waals surface area contributed by atoms with Crippen molar-refractivity contribution in [3.05, 3.63) is 80.7 Å². The molecule has 4 rings (SSSR count). The SMILES string of the molecule is CS(=O)(=O)Oc1cc(C(=O)O[C@@H](Cc2c(Cl)c[n+]([O-])cc2Cl)c2ccc(OC(F)F)c(OCC3CC3)c2)ccc1O. The first-order valence-corrected chi connectivity index (χ1v) is 14.6. The first-order valence-electron chi connectivity index (χ1n) is 12.0. The summed E-state index contributed by atoms with van der Waals surface area (Å²) in [5.41, 5.74) is 0.346. The summed E-state index contributed by atoms with van der Waals surface area (Å²) in [6, 6.07) is 7.20. The number of aromatic nitrogens is 1. The van der Waals surface area contributed by atoms with E-state index in [0.29, 0.717) is 4.73 Å². The zero-order valence-electron chi connectivity index (χ0n) is 21.3. The van der Waals surface area contributed by atoms with E-state index in [0.717, 1.165) is 43.6 Å². The van der Waals surface area contributed by atoms with Gasteiger partial charge in [0.05, 0.1) is 18.4 Å². The highest BCUT2D eigenvalue weighted by Crippen LogP contribution is 2.38. The standard InChI is InChI=1S/C26H23Cl2F2NO9S/c1-41(35,36)40-23-9-16(4-6-20(23)32)25(33)38-22(10-17-18(27)11-31(34)12-19(17)28)15-5-7-21(39-26(29)30)24(8-15)37-13-14-2-3-14/h4-9,11-12,14,22,26,32H,2-3,10,13H2,1H3/t22-/m0/s1. The van der Waals surface area contributed by atoms with Crippen LogP contribution in [0, 0.1) is 11.1 Å². The normalized spacial score (nSPS) is 14.0. The van der Waals surface area contributed by atoms with Gasteiger partial charge in [-0.05, 0) is 48.6 Å². The van der Waals surface area contributed by atoms with Gasteiger partial charge in [0.25, 0.3) is 0 Å². The molecule has 0 unspecified atom stereocenters. The number of nitrogens with zero attached hydrogens (tertiary/aromatic N) is 1. The number of alkyl halides is 2. The zero-order valence-corrected chi connectivity index (χ0v) is 23.6. The van der Waals surface area contributed by atoms with E-state index < -0.39 is 40.3 Å². The number of phenolic OH excluding ortho intramolecular Hbond substituents is 1. The van der Waals surface area contributed by atoms with Crippen LogP contribution in [0.4, 0.5) is 8.78 Å². The van der Waals surface area contributed by atoms with E-state index in [9.17, 15) is 32.3 Å². The molecule has 2 aromatic carbocycles. The summed E-state index contributed by atoms with van der Waals surface area (Å²) in [7, 11) is -4.03. The Hall–Kier alpha value is -3.55. The lowest BCUT2D eigenvalue weighted by Crippen LogP contribution is -2.25. The Morgan fingerprint density at radius 3 is 2.39 bits per heavy atom. The highest BCUT2D eigenvalue weighted by molar-refractivity contribution is 7.86. The van der Waals surface area contributed by atoms with E-state index in [1.807, 2.05) is 0 Å². The van der Waals surface area contributed by atoms with Gasteiger partial charge in [-0.2, -0.15) is 21.9 Å². The fourth-order valence-corrected chi connectivity index (χ4v) is 4.79. The zero-order chi connectivity index (χ0) is 29.9. The van der Waals surface area contributed by atoms with Crippen LogP contribution in [0.2, 0.25) is 10.0 Å². The molecule has 0 radical (unpaired) electrons. The van der Waals surface area contributed by atoms with Gasteiger partial charge in [-0.25, -0.2) is 4.79 Å². The van der Waals surface area contributed by atoms with Crippen molar-refractivity contribution in [3.8, 4) is 23.0 Å². The minimum Gasteiger partial charge on any atom is -0.619 e. The molecule has 0 aliphatic heterocycles. The molecule has 15 heteroatoms. The van der Waals surface area contributed by atoms with Crippen molar-refractivity contribution in [2.24, 2.45) is 5.92 Å². The minimum absolute atomic E-state index is 0.00752. The number of pyridine rings is 1. The van der Waals surface area contributed by atoms with E-state index in [1.54, 1.807) is 0 Å². The van der Waals surface area contributed by atoms with Crippen LogP contribution in [0.1, 0.15) is 40.4 Å². The van der Waals surface area contributed by atoms with Gasteiger partial charge in [-0.1, -0.05) is 29.3 Å². The number of hydrogen-bond donors (Lipinski definition) is 1. The monoisotopic (exact) mass is 633 g/mol. The maximum Gasteiger partial charge on any atom is 0.387 e. The second-order valence-corrected chi connectivity index (χ2v) is 11.6. The Bertz CT molecular complexity index is 1530. The van der Waals surface area contributed by atoms with Crippen LogP contribution in [0.3, 0.4) is 0 Å². The Morgan fingerprint density at radius 1 is 1.10 bits per heavy atom. The number of phenols is 1. The number of benzene rings is 2. The third kappa shape index (κ3) is 8.47. The maximum atomic E-state index is 13.2. The molecular weight excluding hydrogens is 611 g/mol. The van der Waals surface area contributed by atoms with E-state index in [4.69, 9.17) is 36.9 Å². The van der Waals surface area contributed by atoms with Crippen LogP contribution in [0.25, 0.3) is 0 Å². The molecule has 3 aromatic rings. The van der Waals surface area contributed by atoms with E-state index in [2.05, 4.69) is 4.74 Å². The fourth-order valence-electron chi connectivity index (χ4n) is 3.73. The van der Waals surface area contributed by atoms with Gasteiger partial charge in [0.2, 0.25) is 0 Å². The lowest BCUT2D eigenvalue weighted by molar-refractivity contribution is -0.605. The molecular formula is C26H23Cl2F2NO9S. The Labute approximate surface area is 243 Å². The maximum absolute atomic E-state index is 13.2. The summed E-state index contributed by atoms with van der Waals surface area (Å²) in [5, 5.41) is 21.6. The predicted octanol–water partition coefficient (Wildman–Crippen LogP) is 5.20. The molecule has 10 nitrogen and oxygen atoms in total. The smallest absolute Gasteiger partial charge is 0.387 e. The van der Waals surface area contributed by atoms with Gasteiger partial charge in [0.15, 0.2) is 35.4 Å². The van der Waals surface area contributed by atoms with Crippen molar-refractivity contribution < 1.29 is 50.2 Å². The Balaban J connectivity index is 1.71. The molecule has 1 aromatic heterocycles. The molecule has 1 aliphatic rings. The fraction of sp³-hybridized carbons (Fsp3) is 0.308. The van der Waals surface area contributed by atoms with Gasteiger partial charge in [0.1, 0.15) is 16.1 Å². The molecule has 1 atom stereocenters. The lowest BCUT2D eigenvalue weighted by Gasteiger charge is -2.21. The quantitative estimate of drug-likeness (QED) is 0.123. The lowest BCUT2D eigenvalue weighted by atomic mass is 10.0. The number of hydrogen-bond acceptors (Lipinski definition) is 9. The van der Waals surface area contributed by atoms with Crippen LogP contribution in [-0.2, 0) is 21.3 Å². The van der Waals surface area contributed by atoms with Gasteiger partial charge >= 0.3 is 22.7 Å². The van der Waals surface area contributed by atoms with Gasteiger partial charge < -0.3 is 28.7 Å². The number of carbonyl (C=O) groups is 1. The van der Waals surface area contributed by atoms with Gasteiger partial charge in [-0.15, -0.1) is 0 Å². The molecule has 220 valence electrons. The third-order valence-electron chi connectivity index (χ3n) is 5.86. The molecule has 1 aliphatic carbocycles. The predicted molar refractivity (Wildman–Crippen MR) is 142 cm³/mol. The van der Waals surface area contributed by atoms with Crippen LogP contribution < -0.4 is 18.4 Å². The van der Waals surface area contributed by atoms with E-state index in [1.165, 1.54) is 24.3 Å². The van der Waals surface area contributed by atoms with Gasteiger partial charge in [-0.3, -0.25) is 0 Å². The average molecular weight is 634 g/mol. The summed E-state index contributed by atoms with van der Waals surface area (Å²) in [6.45, 7) is -2.85. The van der Waals surface area contributed by atoms with Crippen LogP contribution in [0.15, 0.2) is 48.8 Å². The number of ether oxygens (including phenoxy) is 3. The largest absolute Gasteiger partial charge is 0.619 e. The minimum atomic E-state index is -4.03. The van der Waals surface area contributed by atoms with Crippen molar-refractivity contribution in [2.75, 3.05) is 12.9 Å². The van der Waals surface area contributed by atoms with Crippen LogP contribution in [-0.4, -0.2) is 39.0 Å². The molecule has 0 spiro atoms. The summed E-state index contributed by atoms with van der Waals surface area (Å²) in [4.78, 5) is 13.2. The number of carbonyl (C=O) groups excluding carboxylic acids is 1. The molecule has 1 N–H and O–H groups in total. The second kappa shape index (κ2) is 12.5. The average Bonchev–Trinajstić information content (AvgIpc) is 3.69. The molecule has 1 saturated carbocycles. The van der Waals surface area contributed by atoms with E-state index in [-0.39, 0.29) is 57.2 Å². The highest BCUT2D eigenvalue weighted by Gasteiger charge is 2.27. The third-order valence-corrected chi connectivity index (χ3v) is 6.99. The summed E-state index contributed by atoms with van der Waals surface area (Å²) >= 11 is 12.5. The highest BCUT2D eigenvalue weighted by atomic mass is 35.5. The van der Waals surface area contributed by atoms with Crippen molar-refractivity contribution in [2.45, 2.75) is 32.0 Å². The van der Waals surface area contributed by atoms with Gasteiger partial charge in [0, 0.05) is 18.1 Å². The molecule has 0 amide bonds. The summed E-state index contributed by atoms with van der Waals surface area (Å²) in [5.74, 6) is -1.96. The number of aromatic hydroxyl groups is 1. The molecule has 1 fully saturated rings. The Kier molecular flexibility index (Phi) is 9.30. The number of rotatable bonds is 12. The molecule has 1 heterocycles. The Morgan fingerprint density at radius 2 is 1.78 bits per heavy atom. The number of esters is 1. The first kappa shape index (κ1) is 30.4. The van der Waals surface area contributed by atoms with Crippen molar-refractivity contribution >= 4 is 39.3 Å². The molecule has 0 bridgehead atoms. The van der Waals surface area contributed by atoms with Crippen LogP contribution >= 0.6 is 23.2 Å². The second-order valence-electron chi connectivity index (χ2n) is 9.20. The van der Waals surface area contributed by atoms with Crippen LogP contribution in [0.5, 0.6) is 23.0 Å². The summed E-state index contributed by atoms with van der Waals surface area (Å²) in [6.07, 6.45) is 3.42. The molecule has 41 heavy (non-hydrogen) atoms. The van der Waals surface area contributed by atoms with Crippen molar-refractivity contribution in [1.82, 2.24) is 0 Å².